The average molecular weight is 625 g/mol. The van der Waals surface area contributed by atoms with Crippen molar-refractivity contribution in [2.24, 2.45) is 4.99 Å². The third-order valence-electron chi connectivity index (χ3n) is 7.04. The van der Waals surface area contributed by atoms with Gasteiger partial charge in [-0.2, -0.15) is 5.10 Å². The molecule has 3 aromatic heterocycles. The second-order valence-electron chi connectivity index (χ2n) is 10.3. The average Bonchev–Trinajstić information content (AvgIpc) is 3.76. The molecule has 1 unspecified atom stereocenters. The minimum Gasteiger partial charge on any atom is -0.465 e. The quantitative estimate of drug-likeness (QED) is 0.239. The fraction of sp³-hybridized carbons (Fsp3) is 0.182. The molecule has 6 rings (SSSR count). The summed E-state index contributed by atoms with van der Waals surface area (Å²) >= 11 is 2.81. The van der Waals surface area contributed by atoms with E-state index in [-0.39, 0.29) is 17.2 Å². The van der Waals surface area contributed by atoms with Crippen molar-refractivity contribution < 1.29 is 19.1 Å². The molecular weight excluding hydrogens is 597 g/mol. The number of nitrogens with zero attached hydrogens (tertiary/aromatic N) is 4. The minimum atomic E-state index is -0.810. The summed E-state index contributed by atoms with van der Waals surface area (Å²) < 4.78 is 14.2. The van der Waals surface area contributed by atoms with Crippen LogP contribution < -0.4 is 14.9 Å². The minimum absolute atomic E-state index is 0.264. The van der Waals surface area contributed by atoms with E-state index in [0.29, 0.717) is 26.2 Å². The van der Waals surface area contributed by atoms with Crippen LogP contribution in [0.5, 0.6) is 0 Å². The zero-order valence-electron chi connectivity index (χ0n) is 24.4. The van der Waals surface area contributed by atoms with E-state index in [1.165, 1.54) is 23.0 Å². The first-order chi connectivity index (χ1) is 21.2. The van der Waals surface area contributed by atoms with Crippen LogP contribution in [-0.2, 0) is 14.3 Å². The Balaban J connectivity index is 1.53. The number of methoxy groups -OCH3 is 1. The van der Waals surface area contributed by atoms with Crippen molar-refractivity contribution in [1.29, 1.82) is 0 Å². The molecule has 2 aromatic carbocycles. The van der Waals surface area contributed by atoms with Crippen LogP contribution in [0.4, 0.5) is 0 Å². The number of thiazole rings is 1. The number of para-hydroxylation sites is 1. The van der Waals surface area contributed by atoms with E-state index < -0.39 is 18.0 Å². The fourth-order valence-electron chi connectivity index (χ4n) is 5.05. The highest BCUT2D eigenvalue weighted by molar-refractivity contribution is 7.13. The molecule has 0 N–H and O–H groups in total. The Labute approximate surface area is 260 Å². The van der Waals surface area contributed by atoms with Crippen LogP contribution in [0.2, 0.25) is 0 Å². The van der Waals surface area contributed by atoms with Gasteiger partial charge in [-0.25, -0.2) is 19.3 Å². The number of allylic oxidation sites excluding steroid dienone is 1. The van der Waals surface area contributed by atoms with Crippen LogP contribution in [0, 0.1) is 0 Å². The summed E-state index contributed by atoms with van der Waals surface area (Å²) in [6, 6.07) is 19.6. The summed E-state index contributed by atoms with van der Waals surface area (Å²) in [5.41, 5.74) is 3.83. The number of benzene rings is 2. The van der Waals surface area contributed by atoms with Gasteiger partial charge in [-0.15, -0.1) is 11.3 Å². The Morgan fingerprint density at radius 3 is 2.41 bits per heavy atom. The lowest BCUT2D eigenvalue weighted by atomic mass is 9.95. The van der Waals surface area contributed by atoms with E-state index in [1.54, 1.807) is 61.1 Å². The molecule has 4 heterocycles. The van der Waals surface area contributed by atoms with Gasteiger partial charge in [0.1, 0.15) is 5.69 Å². The molecule has 0 radical (unpaired) electrons. The first kappa shape index (κ1) is 29.2. The SMILES string of the molecule is COC(=O)c1ccc(C2C(C(=O)OC(C)C)=C(C)N=c3sc(=Cc4cn(-c5ccccc5)nc4-c4cccs4)c(=O)n32)cc1. The lowest BCUT2D eigenvalue weighted by molar-refractivity contribution is -0.143. The number of ether oxygens (including phenoxy) is 2. The second-order valence-corrected chi connectivity index (χ2v) is 12.3. The standard InChI is InChI=1S/C33H28N4O5S2/c1-19(2)42-32(40)27-20(3)34-33-37(29(27)21-12-14-22(15-13-21)31(39)41-4)30(38)26(44-33)17-23-18-36(24-9-6-5-7-10-24)35-28(23)25-11-8-16-43-25/h5-19,29H,1-4H3. The van der Waals surface area contributed by atoms with Crippen molar-refractivity contribution in [3.05, 3.63) is 126 Å². The van der Waals surface area contributed by atoms with Crippen molar-refractivity contribution in [2.45, 2.75) is 32.9 Å². The van der Waals surface area contributed by atoms with Crippen molar-refractivity contribution >= 4 is 40.7 Å². The van der Waals surface area contributed by atoms with E-state index in [2.05, 4.69) is 4.99 Å². The topological polar surface area (TPSA) is 105 Å². The molecule has 1 aliphatic rings. The van der Waals surface area contributed by atoms with E-state index >= 15 is 0 Å². The normalized spacial score (nSPS) is 14.8. The van der Waals surface area contributed by atoms with Gasteiger partial charge in [-0.3, -0.25) is 9.36 Å². The van der Waals surface area contributed by atoms with Crippen molar-refractivity contribution in [3.63, 3.8) is 0 Å². The molecule has 44 heavy (non-hydrogen) atoms. The molecule has 0 aliphatic carbocycles. The Morgan fingerprint density at radius 1 is 1.00 bits per heavy atom. The van der Waals surface area contributed by atoms with E-state index in [1.807, 2.05) is 60.1 Å². The maximum atomic E-state index is 14.2. The van der Waals surface area contributed by atoms with Gasteiger partial charge in [-0.05, 0) is 68.1 Å². The number of hydrogen-bond donors (Lipinski definition) is 0. The monoisotopic (exact) mass is 624 g/mol. The van der Waals surface area contributed by atoms with Crippen LogP contribution >= 0.6 is 22.7 Å². The summed E-state index contributed by atoms with van der Waals surface area (Å²) in [5.74, 6) is -1.04. The highest BCUT2D eigenvalue weighted by Gasteiger charge is 2.34. The molecule has 5 aromatic rings. The lowest BCUT2D eigenvalue weighted by Crippen LogP contribution is -2.40. The van der Waals surface area contributed by atoms with Gasteiger partial charge in [0.15, 0.2) is 4.80 Å². The number of rotatable bonds is 7. The summed E-state index contributed by atoms with van der Waals surface area (Å²) in [6.45, 7) is 5.27. The molecular formula is C33H28N4O5S2. The molecule has 1 atom stereocenters. The van der Waals surface area contributed by atoms with Gasteiger partial charge in [0.2, 0.25) is 0 Å². The molecule has 222 valence electrons. The van der Waals surface area contributed by atoms with Crippen LogP contribution in [-0.4, -0.2) is 39.5 Å². The lowest BCUT2D eigenvalue weighted by Gasteiger charge is -2.25. The Bertz CT molecular complexity index is 2070. The van der Waals surface area contributed by atoms with Crippen molar-refractivity contribution in [3.8, 4) is 16.3 Å². The van der Waals surface area contributed by atoms with Crippen LogP contribution in [0.1, 0.15) is 48.3 Å². The highest BCUT2D eigenvalue weighted by atomic mass is 32.1. The van der Waals surface area contributed by atoms with Gasteiger partial charge in [-0.1, -0.05) is 47.7 Å². The molecule has 0 fully saturated rings. The first-order valence-corrected chi connectivity index (χ1v) is 15.6. The molecule has 0 bridgehead atoms. The molecule has 11 heteroatoms. The van der Waals surface area contributed by atoms with Crippen LogP contribution in [0.3, 0.4) is 0 Å². The van der Waals surface area contributed by atoms with Gasteiger partial charge in [0.05, 0.1) is 51.2 Å². The number of carbonyl (C=O) groups is 2. The van der Waals surface area contributed by atoms with E-state index in [4.69, 9.17) is 14.6 Å². The molecule has 0 saturated carbocycles. The number of thiophene rings is 1. The van der Waals surface area contributed by atoms with E-state index in [9.17, 15) is 14.4 Å². The smallest absolute Gasteiger partial charge is 0.338 e. The predicted octanol–water partition coefficient (Wildman–Crippen LogP) is 4.89. The number of fused-ring (bicyclic) bond motifs is 1. The van der Waals surface area contributed by atoms with Crippen LogP contribution in [0.15, 0.2) is 99.4 Å². The van der Waals surface area contributed by atoms with Crippen molar-refractivity contribution in [2.75, 3.05) is 7.11 Å². The Morgan fingerprint density at radius 2 is 1.75 bits per heavy atom. The predicted molar refractivity (Wildman–Crippen MR) is 170 cm³/mol. The van der Waals surface area contributed by atoms with Crippen LogP contribution in [0.25, 0.3) is 22.3 Å². The van der Waals surface area contributed by atoms with Crippen molar-refractivity contribution in [1.82, 2.24) is 14.3 Å². The number of esters is 2. The number of carbonyl (C=O) groups excluding carboxylic acids is 2. The summed E-state index contributed by atoms with van der Waals surface area (Å²) in [7, 11) is 1.31. The molecule has 0 amide bonds. The maximum Gasteiger partial charge on any atom is 0.338 e. The molecule has 0 spiro atoms. The van der Waals surface area contributed by atoms with Gasteiger partial charge in [0.25, 0.3) is 5.56 Å². The number of hydrogen-bond acceptors (Lipinski definition) is 9. The second kappa shape index (κ2) is 12.0. The van der Waals surface area contributed by atoms with E-state index in [0.717, 1.165) is 21.8 Å². The molecule has 1 aliphatic heterocycles. The Hall–Kier alpha value is -4.87. The highest BCUT2D eigenvalue weighted by Crippen LogP contribution is 2.32. The third-order valence-corrected chi connectivity index (χ3v) is 8.90. The van der Waals surface area contributed by atoms with Gasteiger partial charge in [0, 0.05) is 11.8 Å². The number of aromatic nitrogens is 3. The summed E-state index contributed by atoms with van der Waals surface area (Å²) in [6.07, 6.45) is 3.36. The fourth-order valence-corrected chi connectivity index (χ4v) is 6.82. The van der Waals surface area contributed by atoms with Gasteiger partial charge < -0.3 is 9.47 Å². The molecule has 9 nitrogen and oxygen atoms in total. The first-order valence-electron chi connectivity index (χ1n) is 13.9. The summed E-state index contributed by atoms with van der Waals surface area (Å²) in [5, 5.41) is 6.85. The zero-order valence-corrected chi connectivity index (χ0v) is 26.0. The Kier molecular flexibility index (Phi) is 7.98. The van der Waals surface area contributed by atoms with Gasteiger partial charge >= 0.3 is 11.9 Å². The molecule has 0 saturated heterocycles. The third kappa shape index (κ3) is 5.47. The summed E-state index contributed by atoms with van der Waals surface area (Å²) in [4.78, 5) is 45.8. The zero-order chi connectivity index (χ0) is 31.0. The maximum absolute atomic E-state index is 14.2. The largest absolute Gasteiger partial charge is 0.465 e.